The predicted octanol–water partition coefficient (Wildman–Crippen LogP) is -1.09. The second kappa shape index (κ2) is 7.16. The molecule has 0 aliphatic heterocycles. The fourth-order valence-electron chi connectivity index (χ4n) is 0. The highest BCUT2D eigenvalue weighted by atomic mass is 16.9. The van der Waals surface area contributed by atoms with E-state index in [1.165, 1.54) is 11.4 Å². The molecule has 0 fully saturated rings. The number of rotatable bonds is 1. The first-order valence-corrected chi connectivity index (χ1v) is 2.61. The summed E-state index contributed by atoms with van der Waals surface area (Å²) in [5.41, 5.74) is 0. The molecule has 0 aromatic heterocycles. The lowest BCUT2D eigenvalue weighted by Gasteiger charge is -1.97. The Bertz CT molecular complexity index is 70.2. The van der Waals surface area contributed by atoms with Crippen LogP contribution in [0.15, 0.2) is 0 Å². The van der Waals surface area contributed by atoms with E-state index in [-0.39, 0.29) is 0 Å². The van der Waals surface area contributed by atoms with E-state index in [0.717, 1.165) is 0 Å². The summed E-state index contributed by atoms with van der Waals surface area (Å²) in [6.07, 6.45) is 0. The Morgan fingerprint density at radius 3 is 1.56 bits per heavy atom. The quantitative estimate of drug-likeness (QED) is 0.368. The van der Waals surface area contributed by atoms with E-state index in [2.05, 4.69) is 21.0 Å². The Morgan fingerprint density at radius 2 is 1.56 bits per heavy atom. The summed E-state index contributed by atoms with van der Waals surface area (Å²) in [5, 5.41) is 14.8. The molecule has 0 saturated carbocycles. The number of hydrogen-bond acceptors (Lipinski definition) is 3. The molecule has 0 atom stereocenters. The molecule has 0 unspecified atom stereocenters. The van der Waals surface area contributed by atoms with Crippen LogP contribution in [0, 0.1) is 15.3 Å². The van der Waals surface area contributed by atoms with E-state index < -0.39 is 5.09 Å². The SMILES string of the molecule is CC[NH+](C)C.O=[N+]([O-])[O-]. The van der Waals surface area contributed by atoms with Gasteiger partial charge in [-0.1, -0.05) is 0 Å². The first-order chi connectivity index (χ1) is 4.00. The molecule has 0 saturated heterocycles. The fraction of sp³-hybridized carbons (Fsp3) is 1.00. The number of nitrogens with one attached hydrogen (secondary N) is 1. The van der Waals surface area contributed by atoms with Gasteiger partial charge in [0, 0.05) is 0 Å². The van der Waals surface area contributed by atoms with Crippen LogP contribution in [0.4, 0.5) is 0 Å². The van der Waals surface area contributed by atoms with Gasteiger partial charge in [0.05, 0.1) is 25.7 Å². The average molecular weight is 136 g/mol. The van der Waals surface area contributed by atoms with Crippen molar-refractivity contribution in [3.05, 3.63) is 15.3 Å². The van der Waals surface area contributed by atoms with Gasteiger partial charge in [-0.2, -0.15) is 0 Å². The van der Waals surface area contributed by atoms with Crippen molar-refractivity contribution in [2.75, 3.05) is 20.6 Å². The van der Waals surface area contributed by atoms with Crippen molar-refractivity contribution in [1.29, 1.82) is 0 Å². The van der Waals surface area contributed by atoms with E-state index in [1.54, 1.807) is 0 Å². The highest BCUT2D eigenvalue weighted by Crippen LogP contribution is 1.44. The van der Waals surface area contributed by atoms with Gasteiger partial charge in [-0.3, -0.25) is 0 Å². The van der Waals surface area contributed by atoms with Crippen LogP contribution >= 0.6 is 0 Å². The summed E-state index contributed by atoms with van der Waals surface area (Å²) >= 11 is 0. The molecule has 0 aliphatic rings. The fourth-order valence-corrected chi connectivity index (χ4v) is 0. The van der Waals surface area contributed by atoms with Crippen LogP contribution in [0.2, 0.25) is 0 Å². The van der Waals surface area contributed by atoms with Crippen LogP contribution in [0.25, 0.3) is 0 Å². The summed E-state index contributed by atoms with van der Waals surface area (Å²) in [7, 11) is 4.28. The molecule has 1 N–H and O–H groups in total. The summed E-state index contributed by atoms with van der Waals surface area (Å²) in [6, 6.07) is 0. The largest absolute Gasteiger partial charge is 0.356 e. The number of quaternary nitrogens is 1. The third-order valence-corrected chi connectivity index (χ3v) is 0.707. The van der Waals surface area contributed by atoms with Gasteiger partial charge in [-0.05, 0) is 6.92 Å². The third-order valence-electron chi connectivity index (χ3n) is 0.707. The van der Waals surface area contributed by atoms with Crippen molar-refractivity contribution in [3.8, 4) is 0 Å². The molecule has 56 valence electrons. The highest BCUT2D eigenvalue weighted by Gasteiger charge is 1.75. The third kappa shape index (κ3) is 142. The Kier molecular flexibility index (Phi) is 8.77. The maximum Gasteiger partial charge on any atom is 0.0738 e. The molecule has 0 aromatic rings. The van der Waals surface area contributed by atoms with Crippen molar-refractivity contribution >= 4 is 0 Å². The molecule has 0 radical (unpaired) electrons. The number of hydrogen-bond donors (Lipinski definition) is 1. The van der Waals surface area contributed by atoms with E-state index in [4.69, 9.17) is 15.3 Å². The van der Waals surface area contributed by atoms with Gasteiger partial charge < -0.3 is 20.2 Å². The Labute approximate surface area is 54.0 Å². The molecule has 0 spiro atoms. The standard InChI is InChI=1S/C4H11N.NO3/c1-4-5(2)3;2-1(3)4/h4H2,1-3H3;/q;-1/p+1. The zero-order valence-corrected chi connectivity index (χ0v) is 5.88. The summed E-state index contributed by atoms with van der Waals surface area (Å²) in [6.45, 7) is 3.38. The minimum absolute atomic E-state index is 1.22. The predicted molar refractivity (Wildman–Crippen MR) is 33.7 cm³/mol. The van der Waals surface area contributed by atoms with Crippen LogP contribution in [-0.2, 0) is 0 Å². The van der Waals surface area contributed by atoms with Gasteiger partial charge in [0.15, 0.2) is 0 Å². The van der Waals surface area contributed by atoms with Crippen LogP contribution in [0.5, 0.6) is 0 Å². The molecule has 0 bridgehead atoms. The molecule has 5 nitrogen and oxygen atoms in total. The Balaban J connectivity index is 0. The number of nitrogens with zero attached hydrogens (tertiary/aromatic N) is 1. The zero-order valence-electron chi connectivity index (χ0n) is 5.88. The van der Waals surface area contributed by atoms with Gasteiger partial charge in [-0.25, -0.2) is 0 Å². The van der Waals surface area contributed by atoms with Gasteiger partial charge in [0.1, 0.15) is 0 Å². The Hall–Kier alpha value is -0.840. The highest BCUT2D eigenvalue weighted by molar-refractivity contribution is 4.03. The lowest BCUT2D eigenvalue weighted by molar-refractivity contribution is -0.856. The summed E-state index contributed by atoms with van der Waals surface area (Å²) in [4.78, 5) is 9.75. The smallest absolute Gasteiger partial charge is 0.0738 e. The molecule has 0 aliphatic carbocycles. The maximum absolute atomic E-state index is 8.25. The van der Waals surface area contributed by atoms with Crippen LogP contribution in [-0.4, -0.2) is 25.7 Å². The first kappa shape index (κ1) is 11.0. The maximum atomic E-state index is 8.25. The lowest BCUT2D eigenvalue weighted by atomic mass is 10.7. The van der Waals surface area contributed by atoms with E-state index in [9.17, 15) is 0 Å². The normalized spacial score (nSPS) is 8.00. The van der Waals surface area contributed by atoms with Crippen molar-refractivity contribution < 1.29 is 9.99 Å². The molecule has 9 heavy (non-hydrogen) atoms. The topological polar surface area (TPSA) is 70.6 Å². The van der Waals surface area contributed by atoms with E-state index in [1.807, 2.05) is 0 Å². The van der Waals surface area contributed by atoms with Gasteiger partial charge in [0.2, 0.25) is 0 Å². The first-order valence-electron chi connectivity index (χ1n) is 2.61. The molecule has 0 amide bonds. The van der Waals surface area contributed by atoms with Crippen molar-refractivity contribution in [1.82, 2.24) is 0 Å². The van der Waals surface area contributed by atoms with Crippen molar-refractivity contribution in [2.24, 2.45) is 0 Å². The molecule has 0 heterocycles. The molecular weight excluding hydrogens is 124 g/mol. The molecule has 0 aromatic carbocycles. The zero-order chi connectivity index (χ0) is 7.86. The van der Waals surface area contributed by atoms with Gasteiger partial charge in [0.25, 0.3) is 0 Å². The van der Waals surface area contributed by atoms with Crippen molar-refractivity contribution in [3.63, 3.8) is 0 Å². The van der Waals surface area contributed by atoms with E-state index in [0.29, 0.717) is 0 Å². The van der Waals surface area contributed by atoms with Gasteiger partial charge >= 0.3 is 0 Å². The molecule has 0 rings (SSSR count). The van der Waals surface area contributed by atoms with E-state index >= 15 is 0 Å². The van der Waals surface area contributed by atoms with Crippen molar-refractivity contribution in [2.45, 2.75) is 6.92 Å². The lowest BCUT2D eigenvalue weighted by Crippen LogP contribution is -3.05. The summed E-state index contributed by atoms with van der Waals surface area (Å²) < 4.78 is 0. The summed E-state index contributed by atoms with van der Waals surface area (Å²) in [5.74, 6) is 0. The monoisotopic (exact) mass is 136 g/mol. The van der Waals surface area contributed by atoms with Crippen LogP contribution in [0.3, 0.4) is 0 Å². The van der Waals surface area contributed by atoms with Gasteiger partial charge in [-0.15, -0.1) is 0 Å². The molecular formula is C4H12N2O3. The minimum Gasteiger partial charge on any atom is -0.356 e. The van der Waals surface area contributed by atoms with Crippen LogP contribution in [0.1, 0.15) is 6.92 Å². The second-order valence-corrected chi connectivity index (χ2v) is 1.78. The molecule has 5 heteroatoms. The Morgan fingerprint density at radius 1 is 1.44 bits per heavy atom. The van der Waals surface area contributed by atoms with Crippen LogP contribution < -0.4 is 4.90 Å². The second-order valence-electron chi connectivity index (χ2n) is 1.78. The minimum atomic E-state index is -1.75. The average Bonchev–Trinajstić information content (AvgIpc) is 1.65.